The van der Waals surface area contributed by atoms with Crippen LogP contribution >= 0.6 is 0 Å². The number of rotatable bonds is 8. The highest BCUT2D eigenvalue weighted by Crippen LogP contribution is 2.32. The van der Waals surface area contributed by atoms with Crippen molar-refractivity contribution in [1.82, 2.24) is 5.32 Å². The Morgan fingerprint density at radius 3 is 2.79 bits per heavy atom. The molecule has 0 aromatic heterocycles. The smallest absolute Gasteiger partial charge is 0.308 e. The van der Waals surface area contributed by atoms with Crippen molar-refractivity contribution in [3.63, 3.8) is 0 Å². The van der Waals surface area contributed by atoms with E-state index < -0.39 is 12.1 Å². The topological polar surface area (TPSA) is 84.9 Å². The largest absolute Gasteiger partial charge is 0.482 e. The first-order chi connectivity index (χ1) is 14.0. The van der Waals surface area contributed by atoms with Gasteiger partial charge in [-0.05, 0) is 43.9 Å². The van der Waals surface area contributed by atoms with E-state index >= 15 is 0 Å². The fourth-order valence-electron chi connectivity index (χ4n) is 3.85. The monoisotopic (exact) mass is 402 g/mol. The fraction of sp³-hybridized carbons (Fsp3) is 0.591. The predicted molar refractivity (Wildman–Crippen MR) is 109 cm³/mol. The maximum atomic E-state index is 12.5. The number of benzene rings is 1. The van der Waals surface area contributed by atoms with Crippen LogP contribution in [-0.4, -0.2) is 43.1 Å². The van der Waals surface area contributed by atoms with Crippen LogP contribution in [0.3, 0.4) is 0 Å². The highest BCUT2D eigenvalue weighted by Gasteiger charge is 2.28. The Balaban J connectivity index is 1.57. The zero-order chi connectivity index (χ0) is 20.8. The first-order valence-electron chi connectivity index (χ1n) is 10.5. The third kappa shape index (κ3) is 5.49. The van der Waals surface area contributed by atoms with Crippen LogP contribution in [0.1, 0.15) is 57.4 Å². The van der Waals surface area contributed by atoms with Crippen molar-refractivity contribution in [2.24, 2.45) is 0 Å². The Kier molecular flexibility index (Phi) is 7.12. The van der Waals surface area contributed by atoms with Gasteiger partial charge in [0, 0.05) is 12.6 Å². The number of hydrogen-bond donors (Lipinski definition) is 1. The number of nitrogens with one attached hydrogen (secondary N) is 1. The molecule has 1 N–H and O–H groups in total. The van der Waals surface area contributed by atoms with Crippen molar-refractivity contribution in [2.75, 3.05) is 18.1 Å². The molecule has 1 saturated carbocycles. The van der Waals surface area contributed by atoms with Gasteiger partial charge in [0.25, 0.3) is 11.8 Å². The van der Waals surface area contributed by atoms with Crippen molar-refractivity contribution >= 4 is 23.5 Å². The van der Waals surface area contributed by atoms with Gasteiger partial charge in [-0.1, -0.05) is 32.3 Å². The highest BCUT2D eigenvalue weighted by atomic mass is 16.5. The molecule has 0 saturated heterocycles. The summed E-state index contributed by atoms with van der Waals surface area (Å²) < 4.78 is 10.9. The molecule has 0 radical (unpaired) electrons. The standard InChI is InChI=1S/C22H30N2O5/c1-3-6-19(22(27)23-16-7-4-5-8-16)29-21(26)11-12-24-17-13-15(2)9-10-18(17)28-14-20(24)25/h9-10,13,16,19H,3-8,11-12,14H2,1-2H3,(H,23,27)/t19-/m1/s1. The van der Waals surface area contributed by atoms with Crippen molar-refractivity contribution in [3.8, 4) is 5.75 Å². The Morgan fingerprint density at radius 1 is 1.31 bits per heavy atom. The lowest BCUT2D eigenvalue weighted by Gasteiger charge is -2.29. The quantitative estimate of drug-likeness (QED) is 0.676. The molecule has 29 heavy (non-hydrogen) atoms. The third-order valence-corrected chi connectivity index (χ3v) is 5.42. The number of esters is 1. The molecule has 2 aliphatic rings. The molecule has 3 rings (SSSR count). The lowest BCUT2D eigenvalue weighted by Crippen LogP contribution is -2.43. The molecule has 0 bridgehead atoms. The van der Waals surface area contributed by atoms with Crippen LogP contribution in [0.2, 0.25) is 0 Å². The number of nitrogens with zero attached hydrogens (tertiary/aromatic N) is 1. The number of anilines is 1. The Labute approximate surface area is 171 Å². The van der Waals surface area contributed by atoms with Crippen molar-refractivity contribution < 1.29 is 23.9 Å². The van der Waals surface area contributed by atoms with Gasteiger partial charge in [0.15, 0.2) is 12.7 Å². The molecule has 158 valence electrons. The normalized spacial score (nSPS) is 17.4. The molecule has 1 aromatic rings. The van der Waals surface area contributed by atoms with E-state index in [4.69, 9.17) is 9.47 Å². The first-order valence-corrected chi connectivity index (χ1v) is 10.5. The Bertz CT molecular complexity index is 758. The first kappa shape index (κ1) is 21.1. The minimum atomic E-state index is -0.775. The molecule has 1 fully saturated rings. The van der Waals surface area contributed by atoms with Gasteiger partial charge < -0.3 is 19.7 Å². The molecule has 1 aliphatic carbocycles. The number of fused-ring (bicyclic) bond motifs is 1. The maximum absolute atomic E-state index is 12.5. The summed E-state index contributed by atoms with van der Waals surface area (Å²) in [5.74, 6) is -0.252. The van der Waals surface area contributed by atoms with Crippen LogP contribution in [0.15, 0.2) is 18.2 Å². The second-order valence-corrected chi connectivity index (χ2v) is 7.81. The Hall–Kier alpha value is -2.57. The third-order valence-electron chi connectivity index (χ3n) is 5.42. The van der Waals surface area contributed by atoms with Crippen molar-refractivity contribution in [1.29, 1.82) is 0 Å². The lowest BCUT2D eigenvalue weighted by molar-refractivity contribution is -0.156. The average Bonchev–Trinajstić information content (AvgIpc) is 3.20. The minimum absolute atomic E-state index is 0.0239. The zero-order valence-corrected chi connectivity index (χ0v) is 17.2. The molecule has 0 unspecified atom stereocenters. The van der Waals surface area contributed by atoms with Gasteiger partial charge in [0.1, 0.15) is 5.75 Å². The van der Waals surface area contributed by atoms with Crippen LogP contribution in [0.5, 0.6) is 5.75 Å². The summed E-state index contributed by atoms with van der Waals surface area (Å²) >= 11 is 0. The van der Waals surface area contributed by atoms with Crippen molar-refractivity contribution in [2.45, 2.75) is 70.9 Å². The van der Waals surface area contributed by atoms with Gasteiger partial charge in [0.05, 0.1) is 12.1 Å². The number of ether oxygens (including phenoxy) is 2. The van der Waals surface area contributed by atoms with Crippen LogP contribution < -0.4 is 15.0 Å². The number of aryl methyl sites for hydroxylation is 1. The fourth-order valence-corrected chi connectivity index (χ4v) is 3.85. The number of hydrogen-bond acceptors (Lipinski definition) is 5. The van der Waals surface area contributed by atoms with Gasteiger partial charge in [-0.2, -0.15) is 0 Å². The van der Waals surface area contributed by atoms with E-state index in [0.717, 1.165) is 37.7 Å². The number of amides is 2. The molecule has 2 amide bonds. The molecule has 1 atom stereocenters. The number of carbonyl (C=O) groups is 3. The summed E-state index contributed by atoms with van der Waals surface area (Å²) in [6.07, 6.45) is 4.69. The minimum Gasteiger partial charge on any atom is -0.482 e. The molecule has 1 aliphatic heterocycles. The SMILES string of the molecule is CCC[C@@H](OC(=O)CCN1C(=O)COc2ccc(C)cc21)C(=O)NC1CCCC1. The molecule has 7 heteroatoms. The van der Waals surface area contributed by atoms with E-state index in [9.17, 15) is 14.4 Å². The lowest BCUT2D eigenvalue weighted by atomic mass is 10.1. The van der Waals surface area contributed by atoms with E-state index in [2.05, 4.69) is 5.32 Å². The summed E-state index contributed by atoms with van der Waals surface area (Å²) in [6.45, 7) is 4.04. The van der Waals surface area contributed by atoms with Crippen LogP contribution in [0.4, 0.5) is 5.69 Å². The molecule has 7 nitrogen and oxygen atoms in total. The number of carbonyl (C=O) groups excluding carboxylic acids is 3. The van der Waals surface area contributed by atoms with Gasteiger partial charge >= 0.3 is 5.97 Å². The van der Waals surface area contributed by atoms with Gasteiger partial charge in [-0.15, -0.1) is 0 Å². The van der Waals surface area contributed by atoms with Crippen LogP contribution in [0.25, 0.3) is 0 Å². The second-order valence-electron chi connectivity index (χ2n) is 7.81. The summed E-state index contributed by atoms with van der Waals surface area (Å²) in [6, 6.07) is 5.80. The Morgan fingerprint density at radius 2 is 2.07 bits per heavy atom. The summed E-state index contributed by atoms with van der Waals surface area (Å²) in [5, 5.41) is 3.00. The molecule has 1 aromatic carbocycles. The molecule has 0 spiro atoms. The van der Waals surface area contributed by atoms with E-state index in [-0.39, 0.29) is 37.4 Å². The van der Waals surface area contributed by atoms with Crippen LogP contribution in [0, 0.1) is 6.92 Å². The summed E-state index contributed by atoms with van der Waals surface area (Å²) in [5.41, 5.74) is 1.67. The van der Waals surface area contributed by atoms with Gasteiger partial charge in [-0.25, -0.2) is 0 Å². The van der Waals surface area contributed by atoms with E-state index in [1.807, 2.05) is 32.0 Å². The predicted octanol–water partition coefficient (Wildman–Crippen LogP) is 2.88. The maximum Gasteiger partial charge on any atom is 0.308 e. The highest BCUT2D eigenvalue weighted by molar-refractivity contribution is 5.98. The molecular formula is C22H30N2O5. The average molecular weight is 402 g/mol. The van der Waals surface area contributed by atoms with E-state index in [1.54, 1.807) is 4.90 Å². The van der Waals surface area contributed by atoms with Gasteiger partial charge in [0.2, 0.25) is 0 Å². The van der Waals surface area contributed by atoms with Gasteiger partial charge in [-0.3, -0.25) is 14.4 Å². The van der Waals surface area contributed by atoms with E-state index in [1.165, 1.54) is 0 Å². The van der Waals surface area contributed by atoms with Crippen molar-refractivity contribution in [3.05, 3.63) is 23.8 Å². The second kappa shape index (κ2) is 9.76. The van der Waals surface area contributed by atoms with E-state index in [0.29, 0.717) is 17.9 Å². The molecule has 1 heterocycles. The summed E-state index contributed by atoms with van der Waals surface area (Å²) in [4.78, 5) is 38.8. The zero-order valence-electron chi connectivity index (χ0n) is 17.2. The summed E-state index contributed by atoms with van der Waals surface area (Å²) in [7, 11) is 0. The van der Waals surface area contributed by atoms with Crippen LogP contribution in [-0.2, 0) is 19.1 Å². The molecular weight excluding hydrogens is 372 g/mol.